The molecule has 0 heterocycles. The minimum absolute atomic E-state index is 0.0205. The van der Waals surface area contributed by atoms with Gasteiger partial charge < -0.3 is 4.74 Å². The lowest BCUT2D eigenvalue weighted by molar-refractivity contribution is -0.384. The van der Waals surface area contributed by atoms with Crippen LogP contribution in [0, 0.1) is 10.1 Å². The van der Waals surface area contributed by atoms with Crippen LogP contribution in [-0.2, 0) is 10.0 Å². The molecule has 9 heteroatoms. The van der Waals surface area contributed by atoms with Gasteiger partial charge in [0.15, 0.2) is 0 Å². The Kier molecular flexibility index (Phi) is 6.12. The van der Waals surface area contributed by atoms with Crippen molar-refractivity contribution in [3.63, 3.8) is 0 Å². The van der Waals surface area contributed by atoms with E-state index in [1.54, 1.807) is 37.3 Å². The van der Waals surface area contributed by atoms with Crippen molar-refractivity contribution < 1.29 is 22.9 Å². The number of non-ortho nitro benzene ring substituents is 1. The molecule has 3 rings (SSSR count). The summed E-state index contributed by atoms with van der Waals surface area (Å²) in [4.78, 5) is 22.6. The number of hydrogen-bond donors (Lipinski definition) is 0. The van der Waals surface area contributed by atoms with Gasteiger partial charge in [0, 0.05) is 12.6 Å². The maximum absolute atomic E-state index is 13.0. The number of sulfonamides is 1. The normalized spacial score (nSPS) is 11.0. The number of hydrogen-bond acceptors (Lipinski definition) is 6. The van der Waals surface area contributed by atoms with E-state index in [4.69, 9.17) is 4.74 Å². The highest BCUT2D eigenvalue weighted by Crippen LogP contribution is 2.24. The number of nitro benzene ring substituents is 1. The number of anilines is 1. The van der Waals surface area contributed by atoms with Crippen molar-refractivity contribution >= 4 is 27.4 Å². The smallest absolute Gasteiger partial charge is 0.343 e. The maximum atomic E-state index is 13.0. The summed E-state index contributed by atoms with van der Waals surface area (Å²) in [7, 11) is -3.81. The quantitative estimate of drug-likeness (QED) is 0.244. The molecule has 0 aliphatic heterocycles. The van der Waals surface area contributed by atoms with E-state index in [-0.39, 0.29) is 28.4 Å². The first-order chi connectivity index (χ1) is 14.3. The summed E-state index contributed by atoms with van der Waals surface area (Å²) < 4.78 is 32.4. The molecule has 0 unspecified atom stereocenters. The molecule has 0 aliphatic carbocycles. The van der Waals surface area contributed by atoms with E-state index in [1.165, 1.54) is 46.8 Å². The van der Waals surface area contributed by atoms with Crippen LogP contribution in [0.1, 0.15) is 17.3 Å². The zero-order chi connectivity index (χ0) is 21.7. The number of esters is 1. The Morgan fingerprint density at radius 2 is 1.67 bits per heavy atom. The molecule has 0 amide bonds. The Morgan fingerprint density at radius 1 is 1.00 bits per heavy atom. The monoisotopic (exact) mass is 426 g/mol. The number of carbonyl (C=O) groups is 1. The van der Waals surface area contributed by atoms with Crippen LogP contribution < -0.4 is 9.04 Å². The van der Waals surface area contributed by atoms with Crippen LogP contribution in [0.5, 0.6) is 5.75 Å². The largest absolute Gasteiger partial charge is 0.423 e. The molecule has 30 heavy (non-hydrogen) atoms. The van der Waals surface area contributed by atoms with Gasteiger partial charge in [0.1, 0.15) is 5.75 Å². The average molecular weight is 426 g/mol. The fourth-order valence-corrected chi connectivity index (χ4v) is 4.28. The lowest BCUT2D eigenvalue weighted by Crippen LogP contribution is -2.30. The second-order valence-corrected chi connectivity index (χ2v) is 8.04. The fourth-order valence-electron chi connectivity index (χ4n) is 2.80. The predicted molar refractivity (Wildman–Crippen MR) is 111 cm³/mol. The Bertz CT molecular complexity index is 1160. The van der Waals surface area contributed by atoms with E-state index in [9.17, 15) is 23.3 Å². The number of rotatable bonds is 7. The van der Waals surface area contributed by atoms with Crippen molar-refractivity contribution in [1.82, 2.24) is 0 Å². The highest BCUT2D eigenvalue weighted by molar-refractivity contribution is 7.92. The van der Waals surface area contributed by atoms with Crippen molar-refractivity contribution in [2.24, 2.45) is 0 Å². The first-order valence-electron chi connectivity index (χ1n) is 8.97. The molecule has 0 saturated heterocycles. The van der Waals surface area contributed by atoms with Crippen molar-refractivity contribution in [1.29, 1.82) is 0 Å². The first kappa shape index (κ1) is 21.0. The summed E-state index contributed by atoms with van der Waals surface area (Å²) in [5.41, 5.74) is 0.444. The number of nitro groups is 1. The maximum Gasteiger partial charge on any atom is 0.343 e. The van der Waals surface area contributed by atoms with Gasteiger partial charge in [0.05, 0.1) is 27.1 Å². The second kappa shape index (κ2) is 8.75. The van der Waals surface area contributed by atoms with Gasteiger partial charge in [0.2, 0.25) is 0 Å². The molecule has 0 fully saturated rings. The van der Waals surface area contributed by atoms with Crippen LogP contribution in [0.3, 0.4) is 0 Å². The second-order valence-electron chi connectivity index (χ2n) is 6.17. The minimum atomic E-state index is -3.81. The van der Waals surface area contributed by atoms with Gasteiger partial charge >= 0.3 is 5.97 Å². The molecule has 0 aromatic heterocycles. The fraction of sp³-hybridized carbons (Fsp3) is 0.0952. The third kappa shape index (κ3) is 4.47. The lowest BCUT2D eigenvalue weighted by atomic mass is 10.2. The van der Waals surface area contributed by atoms with Gasteiger partial charge in [-0.25, -0.2) is 13.2 Å². The van der Waals surface area contributed by atoms with Crippen molar-refractivity contribution in [2.45, 2.75) is 11.8 Å². The van der Waals surface area contributed by atoms with Gasteiger partial charge in [-0.15, -0.1) is 0 Å². The van der Waals surface area contributed by atoms with E-state index in [0.717, 1.165) is 6.07 Å². The van der Waals surface area contributed by atoms with Gasteiger partial charge in [-0.2, -0.15) is 0 Å². The van der Waals surface area contributed by atoms with Crippen LogP contribution in [0.25, 0.3) is 0 Å². The standard InChI is InChI=1S/C21H18N2O6S/c1-2-22(17-7-4-3-5-8-17)30(27,28)20-13-11-16(12-14-20)21(24)29-19-10-6-9-18(15-19)23(25)26/h3-15H,2H2,1H3. The van der Waals surface area contributed by atoms with Crippen molar-refractivity contribution in [2.75, 3.05) is 10.8 Å². The van der Waals surface area contributed by atoms with Gasteiger partial charge in [-0.05, 0) is 49.4 Å². The summed E-state index contributed by atoms with van der Waals surface area (Å²) in [6.07, 6.45) is 0. The van der Waals surface area contributed by atoms with E-state index in [2.05, 4.69) is 0 Å². The van der Waals surface area contributed by atoms with Gasteiger partial charge in [0.25, 0.3) is 15.7 Å². The Morgan fingerprint density at radius 3 is 2.27 bits per heavy atom. The first-order valence-corrected chi connectivity index (χ1v) is 10.4. The molecule has 0 radical (unpaired) electrons. The topological polar surface area (TPSA) is 107 Å². The van der Waals surface area contributed by atoms with Crippen molar-refractivity contribution in [3.05, 3.63) is 94.5 Å². The number of carbonyl (C=O) groups excluding carboxylic acids is 1. The Labute approximate surface area is 173 Å². The summed E-state index contributed by atoms with van der Waals surface area (Å²) in [5.74, 6) is -0.734. The lowest BCUT2D eigenvalue weighted by Gasteiger charge is -2.22. The molecule has 3 aromatic carbocycles. The number of para-hydroxylation sites is 1. The number of ether oxygens (including phenoxy) is 1. The van der Waals surface area contributed by atoms with Gasteiger partial charge in [-0.3, -0.25) is 14.4 Å². The summed E-state index contributed by atoms with van der Waals surface area (Å²) >= 11 is 0. The van der Waals surface area contributed by atoms with E-state index in [1.807, 2.05) is 0 Å². The molecule has 0 aliphatic rings. The molecule has 0 atom stereocenters. The zero-order valence-corrected chi connectivity index (χ0v) is 16.8. The molecule has 0 spiro atoms. The number of nitrogens with zero attached hydrogens (tertiary/aromatic N) is 2. The van der Waals surface area contributed by atoms with Crippen LogP contribution in [0.4, 0.5) is 11.4 Å². The van der Waals surface area contributed by atoms with E-state index < -0.39 is 20.9 Å². The molecule has 0 bridgehead atoms. The summed E-state index contributed by atoms with van der Waals surface area (Å²) in [6, 6.07) is 19.3. The molecular formula is C21H18N2O6S. The summed E-state index contributed by atoms with van der Waals surface area (Å²) in [5, 5.41) is 10.8. The van der Waals surface area contributed by atoms with Crippen molar-refractivity contribution in [3.8, 4) is 5.75 Å². The minimum Gasteiger partial charge on any atom is -0.423 e. The van der Waals surface area contributed by atoms with E-state index >= 15 is 0 Å². The van der Waals surface area contributed by atoms with Crippen LogP contribution in [0.15, 0.2) is 83.8 Å². The van der Waals surface area contributed by atoms with Gasteiger partial charge in [-0.1, -0.05) is 24.3 Å². The SMILES string of the molecule is CCN(c1ccccc1)S(=O)(=O)c1ccc(C(=O)Oc2cccc([N+](=O)[O-])c2)cc1. The number of benzene rings is 3. The van der Waals surface area contributed by atoms with Crippen LogP contribution in [0.2, 0.25) is 0 Å². The molecule has 8 nitrogen and oxygen atoms in total. The molecular weight excluding hydrogens is 408 g/mol. The zero-order valence-electron chi connectivity index (χ0n) is 16.0. The van der Waals surface area contributed by atoms with Crippen LogP contribution >= 0.6 is 0 Å². The highest BCUT2D eigenvalue weighted by Gasteiger charge is 2.24. The molecule has 154 valence electrons. The third-order valence-corrected chi connectivity index (χ3v) is 6.17. The van der Waals surface area contributed by atoms with Crippen LogP contribution in [-0.4, -0.2) is 25.9 Å². The molecule has 0 N–H and O–H groups in total. The molecule has 3 aromatic rings. The Hall–Kier alpha value is -3.72. The predicted octanol–water partition coefficient (Wildman–Crippen LogP) is 4.03. The molecule has 0 saturated carbocycles. The van der Waals surface area contributed by atoms with E-state index in [0.29, 0.717) is 5.69 Å². The highest BCUT2D eigenvalue weighted by atomic mass is 32.2. The average Bonchev–Trinajstić information content (AvgIpc) is 2.75. The Balaban J connectivity index is 1.81. The third-order valence-electron chi connectivity index (χ3n) is 4.25. The summed E-state index contributed by atoms with van der Waals surface area (Å²) in [6.45, 7) is 1.97.